The summed E-state index contributed by atoms with van der Waals surface area (Å²) in [5, 5.41) is 10.4. The maximum atomic E-state index is 13.9. The monoisotopic (exact) mass is 351 g/mol. The van der Waals surface area contributed by atoms with Crippen molar-refractivity contribution in [2.45, 2.75) is 39.7 Å². The highest BCUT2D eigenvalue weighted by Gasteiger charge is 2.34. The van der Waals surface area contributed by atoms with E-state index in [0.29, 0.717) is 4.47 Å². The molecule has 1 heterocycles. The summed E-state index contributed by atoms with van der Waals surface area (Å²) in [6.45, 7) is 6.32. The number of hydrogen-bond donors (Lipinski definition) is 1. The summed E-state index contributed by atoms with van der Waals surface area (Å²) < 4.78 is 16.4. The number of halogens is 2. The molecular weight excluding hydrogens is 333 g/mol. The summed E-state index contributed by atoms with van der Waals surface area (Å²) in [5.74, 6) is -0.273. The lowest BCUT2D eigenvalue weighted by atomic mass is 9.75. The molecule has 1 unspecified atom stereocenters. The predicted molar refractivity (Wildman–Crippen MR) is 85.2 cm³/mol. The molecule has 0 spiro atoms. The first-order valence-corrected chi connectivity index (χ1v) is 7.92. The maximum absolute atomic E-state index is 13.9. The standard InChI is InChI=1S/C17H19BrFNO/c1-10-6-12-15(8-17(2,3)9-16(12)21)20(10)11-4-5-13(18)14(19)7-11/h4-7,16,21H,8-9H2,1-3H3. The van der Waals surface area contributed by atoms with Crippen LogP contribution in [-0.2, 0) is 6.42 Å². The van der Waals surface area contributed by atoms with Gasteiger partial charge in [0.25, 0.3) is 0 Å². The van der Waals surface area contributed by atoms with Crippen molar-refractivity contribution in [2.75, 3.05) is 0 Å². The zero-order valence-electron chi connectivity index (χ0n) is 12.5. The van der Waals surface area contributed by atoms with Crippen LogP contribution < -0.4 is 0 Å². The van der Waals surface area contributed by atoms with E-state index in [-0.39, 0.29) is 11.2 Å². The molecule has 4 heteroatoms. The summed E-state index contributed by atoms with van der Waals surface area (Å²) in [4.78, 5) is 0. The van der Waals surface area contributed by atoms with Gasteiger partial charge in [0.05, 0.1) is 10.6 Å². The van der Waals surface area contributed by atoms with Crippen molar-refractivity contribution in [2.24, 2.45) is 5.41 Å². The van der Waals surface area contributed by atoms with E-state index in [1.165, 1.54) is 6.07 Å². The fourth-order valence-corrected chi connectivity index (χ4v) is 3.57. The van der Waals surface area contributed by atoms with Gasteiger partial charge in [0.15, 0.2) is 0 Å². The first-order valence-electron chi connectivity index (χ1n) is 7.13. The second kappa shape index (κ2) is 4.96. The molecule has 1 aromatic heterocycles. The minimum absolute atomic E-state index is 0.0445. The SMILES string of the molecule is Cc1cc2c(n1-c1ccc(Br)c(F)c1)CC(C)(C)CC2O. The van der Waals surface area contributed by atoms with E-state index in [9.17, 15) is 9.50 Å². The van der Waals surface area contributed by atoms with Crippen LogP contribution in [0.3, 0.4) is 0 Å². The fourth-order valence-electron chi connectivity index (χ4n) is 3.33. The lowest BCUT2D eigenvalue weighted by Crippen LogP contribution is -2.26. The zero-order chi connectivity index (χ0) is 15.4. The van der Waals surface area contributed by atoms with Crippen molar-refractivity contribution in [3.63, 3.8) is 0 Å². The van der Waals surface area contributed by atoms with E-state index in [2.05, 4.69) is 34.3 Å². The number of rotatable bonds is 1. The van der Waals surface area contributed by atoms with Gasteiger partial charge < -0.3 is 9.67 Å². The Hall–Kier alpha value is -1.13. The van der Waals surface area contributed by atoms with Gasteiger partial charge in [-0.3, -0.25) is 0 Å². The topological polar surface area (TPSA) is 25.2 Å². The average Bonchev–Trinajstić information content (AvgIpc) is 2.68. The molecule has 0 radical (unpaired) electrons. The van der Waals surface area contributed by atoms with Crippen LogP contribution in [0.2, 0.25) is 0 Å². The first kappa shape index (κ1) is 14.8. The summed E-state index contributed by atoms with van der Waals surface area (Å²) in [7, 11) is 0. The lowest BCUT2D eigenvalue weighted by Gasteiger charge is -2.34. The highest BCUT2D eigenvalue weighted by atomic mass is 79.9. The maximum Gasteiger partial charge on any atom is 0.139 e. The molecule has 1 aromatic carbocycles. The molecular formula is C17H19BrFNO. The van der Waals surface area contributed by atoms with Crippen LogP contribution in [0.5, 0.6) is 0 Å². The van der Waals surface area contributed by atoms with Crippen molar-refractivity contribution in [3.05, 3.63) is 51.5 Å². The van der Waals surface area contributed by atoms with Crippen LogP contribution >= 0.6 is 15.9 Å². The van der Waals surface area contributed by atoms with Crippen LogP contribution in [0.25, 0.3) is 5.69 Å². The molecule has 21 heavy (non-hydrogen) atoms. The third-order valence-corrected chi connectivity index (χ3v) is 4.88. The van der Waals surface area contributed by atoms with Gasteiger partial charge in [-0.1, -0.05) is 13.8 Å². The van der Waals surface area contributed by atoms with E-state index in [0.717, 1.165) is 35.5 Å². The van der Waals surface area contributed by atoms with Crippen molar-refractivity contribution < 1.29 is 9.50 Å². The Morgan fingerprint density at radius 1 is 1.33 bits per heavy atom. The molecule has 2 nitrogen and oxygen atoms in total. The van der Waals surface area contributed by atoms with Gasteiger partial charge in [-0.05, 0) is 65.4 Å². The number of benzene rings is 1. The van der Waals surface area contributed by atoms with E-state index in [4.69, 9.17) is 0 Å². The first-order chi connectivity index (χ1) is 9.78. The number of nitrogens with zero attached hydrogens (tertiary/aromatic N) is 1. The smallest absolute Gasteiger partial charge is 0.139 e. The van der Waals surface area contributed by atoms with Crippen LogP contribution in [0, 0.1) is 18.2 Å². The van der Waals surface area contributed by atoms with Crippen LogP contribution in [0.15, 0.2) is 28.7 Å². The van der Waals surface area contributed by atoms with Gasteiger partial charge in [-0.2, -0.15) is 0 Å². The van der Waals surface area contributed by atoms with E-state index >= 15 is 0 Å². The Morgan fingerprint density at radius 2 is 2.05 bits per heavy atom. The molecule has 1 N–H and O–H groups in total. The van der Waals surface area contributed by atoms with Crippen LogP contribution in [0.1, 0.15) is 43.3 Å². The summed E-state index contributed by atoms with van der Waals surface area (Å²) in [6.07, 6.45) is 1.20. The van der Waals surface area contributed by atoms with Crippen molar-refractivity contribution >= 4 is 15.9 Å². The molecule has 0 amide bonds. The van der Waals surface area contributed by atoms with Gasteiger partial charge in [0.2, 0.25) is 0 Å². The quantitative estimate of drug-likeness (QED) is 0.791. The number of aliphatic hydroxyl groups is 1. The van der Waals surface area contributed by atoms with E-state index in [1.807, 2.05) is 19.1 Å². The van der Waals surface area contributed by atoms with E-state index in [1.54, 1.807) is 6.07 Å². The van der Waals surface area contributed by atoms with E-state index < -0.39 is 6.10 Å². The Kier molecular flexibility index (Phi) is 3.49. The Labute approximate surface area is 132 Å². The summed E-state index contributed by atoms with van der Waals surface area (Å²) in [6, 6.07) is 7.18. The predicted octanol–water partition coefficient (Wildman–Crippen LogP) is 4.69. The minimum Gasteiger partial charge on any atom is -0.388 e. The second-order valence-electron chi connectivity index (χ2n) is 6.68. The number of hydrogen-bond acceptors (Lipinski definition) is 1. The number of aliphatic hydroxyl groups excluding tert-OH is 1. The molecule has 3 rings (SSSR count). The van der Waals surface area contributed by atoms with Crippen molar-refractivity contribution in [1.82, 2.24) is 4.57 Å². The minimum atomic E-state index is -0.441. The fraction of sp³-hybridized carbons (Fsp3) is 0.412. The number of aryl methyl sites for hydroxylation is 1. The zero-order valence-corrected chi connectivity index (χ0v) is 14.0. The third kappa shape index (κ3) is 2.55. The largest absolute Gasteiger partial charge is 0.388 e. The van der Waals surface area contributed by atoms with Crippen molar-refractivity contribution in [1.29, 1.82) is 0 Å². The van der Waals surface area contributed by atoms with Crippen molar-refractivity contribution in [3.8, 4) is 5.69 Å². The molecule has 0 aliphatic heterocycles. The Balaban J connectivity index is 2.18. The number of aromatic nitrogens is 1. The molecule has 1 aliphatic carbocycles. The number of fused-ring (bicyclic) bond motifs is 1. The molecule has 0 bridgehead atoms. The van der Waals surface area contributed by atoms with Gasteiger partial charge in [-0.15, -0.1) is 0 Å². The molecule has 1 atom stereocenters. The third-order valence-electron chi connectivity index (χ3n) is 4.23. The highest BCUT2D eigenvalue weighted by molar-refractivity contribution is 9.10. The molecule has 0 saturated carbocycles. The molecule has 1 aliphatic rings. The van der Waals surface area contributed by atoms with Crippen LogP contribution in [-0.4, -0.2) is 9.67 Å². The van der Waals surface area contributed by atoms with Gasteiger partial charge in [0.1, 0.15) is 5.82 Å². The summed E-state index contributed by atoms with van der Waals surface area (Å²) in [5.41, 5.74) is 3.95. The van der Waals surface area contributed by atoms with Gasteiger partial charge in [0, 0.05) is 22.6 Å². The lowest BCUT2D eigenvalue weighted by molar-refractivity contribution is 0.0987. The Bertz CT molecular complexity index is 705. The highest BCUT2D eigenvalue weighted by Crippen LogP contribution is 2.42. The molecule has 0 saturated heterocycles. The van der Waals surface area contributed by atoms with Gasteiger partial charge in [-0.25, -0.2) is 4.39 Å². The Morgan fingerprint density at radius 3 is 2.71 bits per heavy atom. The molecule has 0 fully saturated rings. The second-order valence-corrected chi connectivity index (χ2v) is 7.54. The summed E-state index contributed by atoms with van der Waals surface area (Å²) >= 11 is 3.19. The molecule has 112 valence electrons. The van der Waals surface area contributed by atoms with Gasteiger partial charge >= 0.3 is 0 Å². The van der Waals surface area contributed by atoms with Crippen LogP contribution in [0.4, 0.5) is 4.39 Å². The normalized spacial score (nSPS) is 20.4. The average molecular weight is 352 g/mol. The molecule has 2 aromatic rings.